The molecule has 3 N–H and O–H groups in total. The zero-order chi connectivity index (χ0) is 32.1. The quantitative estimate of drug-likeness (QED) is 0.366. The maximum atomic E-state index is 15.3. The highest BCUT2D eigenvalue weighted by Crippen LogP contribution is 2.37. The minimum atomic E-state index is -3.47. The predicted molar refractivity (Wildman–Crippen MR) is 166 cm³/mol. The Hall–Kier alpha value is -2.84. The summed E-state index contributed by atoms with van der Waals surface area (Å²) >= 11 is 6.14. The second-order valence-corrected chi connectivity index (χ2v) is 14.3. The van der Waals surface area contributed by atoms with Crippen molar-refractivity contribution >= 4 is 39.3 Å². The summed E-state index contributed by atoms with van der Waals surface area (Å²) in [5.41, 5.74) is 0.705. The van der Waals surface area contributed by atoms with Gasteiger partial charge >= 0.3 is 6.09 Å². The number of methoxy groups -OCH3 is 1. The molecule has 0 aliphatic carbocycles. The van der Waals surface area contributed by atoms with Crippen molar-refractivity contribution in [1.82, 2.24) is 14.9 Å². The van der Waals surface area contributed by atoms with Crippen molar-refractivity contribution in [3.63, 3.8) is 0 Å². The molecular weight excluding hydrogens is 630 g/mol. The van der Waals surface area contributed by atoms with E-state index in [2.05, 4.69) is 16.0 Å². The molecule has 3 aliphatic heterocycles. The number of amides is 2. The molecule has 3 saturated heterocycles. The van der Waals surface area contributed by atoms with E-state index in [1.165, 1.54) is 11.4 Å². The lowest BCUT2D eigenvalue weighted by atomic mass is 9.76. The Morgan fingerprint density at radius 1 is 1.16 bits per heavy atom. The number of anilines is 1. The van der Waals surface area contributed by atoms with Gasteiger partial charge in [-0.15, -0.1) is 0 Å². The molecule has 3 heterocycles. The van der Waals surface area contributed by atoms with E-state index in [-0.39, 0.29) is 41.8 Å². The SMILES string of the molecule is COC(=O)NC(C(=O)Nc1cc(F)cc(F)c1CCC1CNC2CCCS(=O)(=O)N1C2)C(c1ccc(Cl)cc1)C1CCOCC1. The molecule has 0 aromatic heterocycles. The predicted octanol–water partition coefficient (Wildman–Crippen LogP) is 4.19. The molecule has 3 aliphatic rings. The van der Waals surface area contributed by atoms with Crippen LogP contribution in [0.15, 0.2) is 36.4 Å². The van der Waals surface area contributed by atoms with Crippen molar-refractivity contribution in [3.05, 3.63) is 64.2 Å². The van der Waals surface area contributed by atoms with Crippen LogP contribution in [0.5, 0.6) is 0 Å². The normalized spacial score (nSPS) is 24.6. The first-order chi connectivity index (χ1) is 21.6. The van der Waals surface area contributed by atoms with Gasteiger partial charge in [0.2, 0.25) is 15.9 Å². The van der Waals surface area contributed by atoms with Gasteiger partial charge in [0.25, 0.3) is 0 Å². The second-order valence-electron chi connectivity index (χ2n) is 11.9. The fourth-order valence-electron chi connectivity index (χ4n) is 6.74. The Morgan fingerprint density at radius 2 is 1.89 bits per heavy atom. The van der Waals surface area contributed by atoms with E-state index in [0.29, 0.717) is 50.6 Å². The second kappa shape index (κ2) is 14.7. The lowest BCUT2D eigenvalue weighted by molar-refractivity contribution is -0.119. The van der Waals surface area contributed by atoms with E-state index in [1.54, 1.807) is 24.3 Å². The maximum absolute atomic E-state index is 15.3. The van der Waals surface area contributed by atoms with Crippen LogP contribution in [0, 0.1) is 17.6 Å². The number of fused-ring (bicyclic) bond motifs is 2. The lowest BCUT2D eigenvalue weighted by Gasteiger charge is -2.37. The van der Waals surface area contributed by atoms with Crippen LogP contribution >= 0.6 is 11.6 Å². The number of alkyl carbamates (subject to hydrolysis) is 1. The third-order valence-electron chi connectivity index (χ3n) is 9.04. The number of nitrogens with one attached hydrogen (secondary N) is 3. The molecule has 2 aromatic rings. The Labute approximate surface area is 267 Å². The molecular formula is C31H39ClF2N4O6S. The van der Waals surface area contributed by atoms with Crippen LogP contribution in [0.25, 0.3) is 0 Å². The summed E-state index contributed by atoms with van der Waals surface area (Å²) in [5.74, 6) is -2.99. The monoisotopic (exact) mass is 668 g/mol. The third-order valence-corrected chi connectivity index (χ3v) is 11.3. The first-order valence-electron chi connectivity index (χ1n) is 15.2. The highest BCUT2D eigenvalue weighted by Gasteiger charge is 2.40. The van der Waals surface area contributed by atoms with Crippen molar-refractivity contribution in [3.8, 4) is 0 Å². The molecule has 5 unspecified atom stereocenters. The molecule has 0 radical (unpaired) electrons. The van der Waals surface area contributed by atoms with Crippen LogP contribution in [-0.4, -0.2) is 82.0 Å². The number of benzene rings is 2. The van der Waals surface area contributed by atoms with Crippen LogP contribution < -0.4 is 16.0 Å². The summed E-state index contributed by atoms with van der Waals surface area (Å²) in [6.45, 7) is 1.71. The van der Waals surface area contributed by atoms with Crippen LogP contribution in [0.2, 0.25) is 5.02 Å². The molecule has 45 heavy (non-hydrogen) atoms. The molecule has 2 bridgehead atoms. The summed E-state index contributed by atoms with van der Waals surface area (Å²) in [4.78, 5) is 26.6. The first-order valence-corrected chi connectivity index (χ1v) is 17.2. The number of hydrogen-bond acceptors (Lipinski definition) is 7. The average molecular weight is 669 g/mol. The summed E-state index contributed by atoms with van der Waals surface area (Å²) in [6, 6.07) is 7.21. The number of hydrogen-bond donors (Lipinski definition) is 3. The molecule has 2 aromatic carbocycles. The Morgan fingerprint density at radius 3 is 2.60 bits per heavy atom. The van der Waals surface area contributed by atoms with Crippen molar-refractivity contribution in [2.45, 2.75) is 62.6 Å². The number of carbonyl (C=O) groups is 2. The van der Waals surface area contributed by atoms with E-state index in [1.807, 2.05) is 0 Å². The standard InChI is InChI=1S/C31H39ClF2N4O6S/c1-43-31(40)37-29(28(20-10-12-44-13-11-20)19-4-6-21(32)7-5-19)30(39)36-27-16-22(33)15-26(34)25(27)9-8-24-17-35-23-3-2-14-45(41,42)38(24)18-23/h4-7,15-16,20,23-24,28-29,35H,2-3,8-14,17-18H2,1H3,(H,36,39)(H,37,40). The van der Waals surface area contributed by atoms with E-state index in [9.17, 15) is 22.4 Å². The number of carbonyl (C=O) groups excluding carboxylic acids is 2. The molecule has 3 fully saturated rings. The van der Waals surface area contributed by atoms with Crippen molar-refractivity contribution in [2.75, 3.05) is 44.5 Å². The highest BCUT2D eigenvalue weighted by molar-refractivity contribution is 7.89. The average Bonchev–Trinajstić information content (AvgIpc) is 3.13. The van der Waals surface area contributed by atoms with Crippen molar-refractivity contribution in [1.29, 1.82) is 0 Å². The summed E-state index contributed by atoms with van der Waals surface area (Å²) in [5, 5.41) is 9.23. The van der Waals surface area contributed by atoms with Gasteiger partial charge in [0.05, 0.1) is 12.9 Å². The van der Waals surface area contributed by atoms with Crippen LogP contribution in [0.1, 0.15) is 49.1 Å². The topological polar surface area (TPSA) is 126 Å². The molecule has 0 spiro atoms. The molecule has 0 saturated carbocycles. The molecule has 5 atom stereocenters. The van der Waals surface area contributed by atoms with Gasteiger partial charge in [-0.3, -0.25) is 4.79 Å². The van der Waals surface area contributed by atoms with E-state index in [4.69, 9.17) is 21.1 Å². The van der Waals surface area contributed by atoms with Gasteiger partial charge in [-0.1, -0.05) is 23.7 Å². The van der Waals surface area contributed by atoms with Gasteiger partial charge in [0, 0.05) is 66.6 Å². The zero-order valence-electron chi connectivity index (χ0n) is 25.1. The Kier molecular flexibility index (Phi) is 11.0. The van der Waals surface area contributed by atoms with Crippen LogP contribution in [-0.2, 0) is 30.7 Å². The Balaban J connectivity index is 1.43. The van der Waals surface area contributed by atoms with Gasteiger partial charge in [0.1, 0.15) is 17.7 Å². The van der Waals surface area contributed by atoms with Crippen LogP contribution in [0.3, 0.4) is 0 Å². The number of halogens is 3. The highest BCUT2D eigenvalue weighted by atomic mass is 35.5. The molecule has 2 amide bonds. The van der Waals surface area contributed by atoms with Gasteiger partial charge in [-0.2, -0.15) is 4.31 Å². The van der Waals surface area contributed by atoms with Gasteiger partial charge < -0.3 is 25.4 Å². The third kappa shape index (κ3) is 8.12. The fourth-order valence-corrected chi connectivity index (χ4v) is 8.67. The number of nitrogens with zero attached hydrogens (tertiary/aromatic N) is 1. The van der Waals surface area contributed by atoms with Gasteiger partial charge in [0.15, 0.2) is 0 Å². The number of rotatable bonds is 9. The summed E-state index contributed by atoms with van der Waals surface area (Å²) in [6.07, 6.45) is 2.03. The maximum Gasteiger partial charge on any atom is 0.407 e. The summed E-state index contributed by atoms with van der Waals surface area (Å²) in [7, 11) is -2.28. The number of ether oxygens (including phenoxy) is 2. The van der Waals surface area contributed by atoms with Crippen molar-refractivity contribution in [2.24, 2.45) is 5.92 Å². The minimum absolute atomic E-state index is 0.0421. The Bertz CT molecular complexity index is 1480. The number of sulfonamides is 1. The van der Waals surface area contributed by atoms with E-state index >= 15 is 4.39 Å². The van der Waals surface area contributed by atoms with Gasteiger partial charge in [-0.05, 0) is 68.2 Å². The van der Waals surface area contributed by atoms with Crippen LogP contribution in [0.4, 0.5) is 19.3 Å². The first kappa shape index (κ1) is 33.5. The van der Waals surface area contributed by atoms with E-state index in [0.717, 1.165) is 24.1 Å². The lowest BCUT2D eigenvalue weighted by Crippen LogP contribution is -2.57. The minimum Gasteiger partial charge on any atom is -0.453 e. The number of piperazine rings is 1. The molecule has 10 nitrogen and oxygen atoms in total. The fraction of sp³-hybridized carbons (Fsp3) is 0.548. The smallest absolute Gasteiger partial charge is 0.407 e. The van der Waals surface area contributed by atoms with Crippen molar-refractivity contribution < 1.29 is 36.3 Å². The molecule has 5 rings (SSSR count). The summed E-state index contributed by atoms with van der Waals surface area (Å²) < 4.78 is 67.7. The largest absolute Gasteiger partial charge is 0.453 e. The molecule has 246 valence electrons. The van der Waals surface area contributed by atoms with Gasteiger partial charge in [-0.25, -0.2) is 22.0 Å². The zero-order valence-corrected chi connectivity index (χ0v) is 26.6. The van der Waals surface area contributed by atoms with E-state index < -0.39 is 51.7 Å². The molecule has 14 heteroatoms.